The molecule has 4 rings (SSSR count). The molecule has 0 radical (unpaired) electrons. The Hall–Kier alpha value is -4.79. The Kier molecular flexibility index (Phi) is 4.78. The normalized spacial score (nSPS) is 12.6. The molecule has 0 fully saturated rings. The van der Waals surface area contributed by atoms with Gasteiger partial charge in [0.05, 0.1) is 28.3 Å². The van der Waals surface area contributed by atoms with Crippen molar-refractivity contribution in [1.29, 1.82) is 0 Å². The number of fused-ring (bicyclic) bond motifs is 1. The highest BCUT2D eigenvalue weighted by molar-refractivity contribution is 6.35. The van der Waals surface area contributed by atoms with Gasteiger partial charge in [0.15, 0.2) is 5.78 Å². The molecular formula is C23H11NO8-2. The maximum absolute atomic E-state index is 12.9. The topological polar surface area (TPSA) is 155 Å². The fourth-order valence-corrected chi connectivity index (χ4v) is 3.37. The van der Waals surface area contributed by atoms with Gasteiger partial charge in [-0.2, -0.15) is 0 Å². The molecule has 0 spiro atoms. The summed E-state index contributed by atoms with van der Waals surface area (Å²) >= 11 is 0. The van der Waals surface area contributed by atoms with Gasteiger partial charge in [-0.05, 0) is 29.8 Å². The SMILES string of the molecule is O=C([O-])c1ccc(C(=O)c2ccc3c(c2)C(=O)N(c2ccc([O-])c(C(=O)O)c2)C3=O)cc1. The number of hydrogen-bond acceptors (Lipinski definition) is 7. The molecule has 0 bridgehead atoms. The van der Waals surface area contributed by atoms with Crippen LogP contribution in [0.4, 0.5) is 5.69 Å². The van der Waals surface area contributed by atoms with Crippen LogP contribution in [0.1, 0.15) is 57.4 Å². The van der Waals surface area contributed by atoms with E-state index in [2.05, 4.69) is 0 Å². The van der Waals surface area contributed by atoms with Gasteiger partial charge in [0.1, 0.15) is 0 Å². The fourth-order valence-electron chi connectivity index (χ4n) is 3.37. The minimum absolute atomic E-state index is 0.0157. The summed E-state index contributed by atoms with van der Waals surface area (Å²) in [5, 5.41) is 31.7. The first-order chi connectivity index (χ1) is 15.2. The van der Waals surface area contributed by atoms with E-state index in [1.165, 1.54) is 48.5 Å². The summed E-state index contributed by atoms with van der Waals surface area (Å²) in [6, 6.07) is 12.0. The van der Waals surface area contributed by atoms with Crippen LogP contribution in [0.2, 0.25) is 0 Å². The summed E-state index contributed by atoms with van der Waals surface area (Å²) in [6.45, 7) is 0. The van der Waals surface area contributed by atoms with E-state index in [0.29, 0.717) is 0 Å². The largest absolute Gasteiger partial charge is 0.872 e. The number of carboxylic acids is 2. The first-order valence-corrected chi connectivity index (χ1v) is 9.12. The summed E-state index contributed by atoms with van der Waals surface area (Å²) in [7, 11) is 0. The number of hydrogen-bond donors (Lipinski definition) is 1. The number of carbonyl (C=O) groups excluding carboxylic acids is 4. The zero-order valence-corrected chi connectivity index (χ0v) is 16.0. The van der Waals surface area contributed by atoms with Gasteiger partial charge < -0.3 is 20.1 Å². The monoisotopic (exact) mass is 429 g/mol. The quantitative estimate of drug-likeness (QED) is 0.462. The lowest BCUT2D eigenvalue weighted by Gasteiger charge is -2.17. The molecule has 9 nitrogen and oxygen atoms in total. The lowest BCUT2D eigenvalue weighted by atomic mass is 9.98. The van der Waals surface area contributed by atoms with Crippen molar-refractivity contribution in [2.45, 2.75) is 0 Å². The van der Waals surface area contributed by atoms with E-state index in [4.69, 9.17) is 5.11 Å². The van der Waals surface area contributed by atoms with Crippen LogP contribution in [0.5, 0.6) is 5.75 Å². The van der Waals surface area contributed by atoms with Gasteiger partial charge in [0.25, 0.3) is 11.8 Å². The Morgan fingerprint density at radius 2 is 1.34 bits per heavy atom. The third kappa shape index (κ3) is 3.27. The molecule has 0 aliphatic carbocycles. The molecule has 0 saturated carbocycles. The standard InChI is InChI=1S/C23H13NO8/c25-18-8-6-14(10-17(18)23(31)32)24-20(27)15-7-5-13(9-16(15)21(24)28)19(26)11-1-3-12(4-2-11)22(29)30/h1-10,25H,(H,29,30)(H,31,32)/p-2. The summed E-state index contributed by atoms with van der Waals surface area (Å²) in [4.78, 5) is 61.2. The van der Waals surface area contributed by atoms with Gasteiger partial charge in [0.2, 0.25) is 0 Å². The second-order valence-corrected chi connectivity index (χ2v) is 6.89. The van der Waals surface area contributed by atoms with Crippen molar-refractivity contribution >= 4 is 35.2 Å². The molecule has 1 heterocycles. The van der Waals surface area contributed by atoms with Gasteiger partial charge in [-0.25, -0.2) is 9.69 Å². The van der Waals surface area contributed by atoms with Gasteiger partial charge >= 0.3 is 5.97 Å². The number of aromatic carboxylic acids is 2. The molecule has 3 aromatic rings. The van der Waals surface area contributed by atoms with Crippen molar-refractivity contribution in [1.82, 2.24) is 0 Å². The number of carboxylic acid groups (broad SMARTS) is 2. The van der Waals surface area contributed by atoms with Crippen molar-refractivity contribution in [2.24, 2.45) is 0 Å². The lowest BCUT2D eigenvalue weighted by Crippen LogP contribution is -2.29. The van der Waals surface area contributed by atoms with Crippen LogP contribution in [0, 0.1) is 0 Å². The van der Waals surface area contributed by atoms with E-state index in [0.717, 1.165) is 17.0 Å². The zero-order valence-electron chi connectivity index (χ0n) is 16.0. The summed E-state index contributed by atoms with van der Waals surface area (Å²) in [5.74, 6) is -5.65. The lowest BCUT2D eigenvalue weighted by molar-refractivity contribution is -0.268. The minimum Gasteiger partial charge on any atom is -0.872 e. The van der Waals surface area contributed by atoms with Gasteiger partial charge in [0, 0.05) is 11.1 Å². The van der Waals surface area contributed by atoms with Crippen LogP contribution >= 0.6 is 0 Å². The first-order valence-electron chi connectivity index (χ1n) is 9.12. The molecule has 1 aliphatic rings. The Bertz CT molecular complexity index is 1340. The Balaban J connectivity index is 1.69. The van der Waals surface area contributed by atoms with Crippen LogP contribution in [-0.2, 0) is 0 Å². The molecule has 2 amide bonds. The van der Waals surface area contributed by atoms with Crippen LogP contribution in [0.25, 0.3) is 0 Å². The predicted octanol–water partition coefficient (Wildman–Crippen LogP) is 0.853. The Labute approximate surface area is 179 Å². The Morgan fingerprint density at radius 3 is 1.97 bits per heavy atom. The number of ketones is 1. The molecule has 32 heavy (non-hydrogen) atoms. The number of nitrogens with zero attached hydrogens (tertiary/aromatic N) is 1. The molecule has 0 atom stereocenters. The van der Waals surface area contributed by atoms with E-state index in [1.807, 2.05) is 0 Å². The van der Waals surface area contributed by atoms with Crippen molar-refractivity contribution < 1.29 is 39.3 Å². The van der Waals surface area contributed by atoms with Gasteiger partial charge in [-0.1, -0.05) is 42.1 Å². The summed E-state index contributed by atoms with van der Waals surface area (Å²) in [5.41, 5.74) is -0.558. The van der Waals surface area contributed by atoms with Crippen molar-refractivity contribution in [3.05, 3.63) is 94.0 Å². The van der Waals surface area contributed by atoms with E-state index < -0.39 is 40.8 Å². The number of rotatable bonds is 5. The van der Waals surface area contributed by atoms with Crippen LogP contribution in [0.3, 0.4) is 0 Å². The first kappa shape index (κ1) is 20.5. The second-order valence-electron chi connectivity index (χ2n) is 6.89. The highest BCUT2D eigenvalue weighted by Gasteiger charge is 2.37. The van der Waals surface area contributed by atoms with Gasteiger partial charge in [-0.15, -0.1) is 0 Å². The minimum atomic E-state index is -1.49. The zero-order chi connectivity index (χ0) is 23.2. The average Bonchev–Trinajstić information content (AvgIpc) is 3.03. The molecule has 0 saturated heterocycles. The molecular weight excluding hydrogens is 418 g/mol. The molecule has 0 aromatic heterocycles. The average molecular weight is 429 g/mol. The fraction of sp³-hybridized carbons (Fsp3) is 0. The highest BCUT2D eigenvalue weighted by Crippen LogP contribution is 2.31. The van der Waals surface area contributed by atoms with Crippen molar-refractivity contribution in [3.63, 3.8) is 0 Å². The molecule has 0 unspecified atom stereocenters. The molecule has 3 aromatic carbocycles. The third-order valence-electron chi connectivity index (χ3n) is 4.98. The second kappa shape index (κ2) is 7.47. The molecule has 1 aliphatic heterocycles. The van der Waals surface area contributed by atoms with Gasteiger partial charge in [-0.3, -0.25) is 14.4 Å². The maximum Gasteiger partial charge on any atom is 0.335 e. The van der Waals surface area contributed by atoms with E-state index in [9.17, 15) is 34.2 Å². The van der Waals surface area contributed by atoms with Crippen molar-refractivity contribution in [3.8, 4) is 5.75 Å². The number of benzene rings is 3. The smallest absolute Gasteiger partial charge is 0.335 e. The van der Waals surface area contributed by atoms with Crippen LogP contribution in [-0.4, -0.2) is 34.6 Å². The maximum atomic E-state index is 12.9. The van der Waals surface area contributed by atoms with E-state index >= 15 is 0 Å². The number of amides is 2. The number of anilines is 1. The number of imide groups is 1. The molecule has 9 heteroatoms. The van der Waals surface area contributed by atoms with E-state index in [1.54, 1.807) is 0 Å². The Morgan fingerprint density at radius 1 is 0.750 bits per heavy atom. The summed E-state index contributed by atoms with van der Waals surface area (Å²) < 4.78 is 0. The molecule has 1 N–H and O–H groups in total. The number of carbonyl (C=O) groups is 5. The summed E-state index contributed by atoms with van der Waals surface area (Å²) in [6.07, 6.45) is 0. The third-order valence-corrected chi connectivity index (χ3v) is 4.98. The van der Waals surface area contributed by atoms with Crippen LogP contribution in [0.15, 0.2) is 60.7 Å². The molecule has 158 valence electrons. The predicted molar refractivity (Wildman–Crippen MR) is 105 cm³/mol. The highest BCUT2D eigenvalue weighted by atomic mass is 16.4. The van der Waals surface area contributed by atoms with Crippen LogP contribution < -0.4 is 15.1 Å². The van der Waals surface area contributed by atoms with E-state index in [-0.39, 0.29) is 33.5 Å². The van der Waals surface area contributed by atoms with Crippen molar-refractivity contribution in [2.75, 3.05) is 4.90 Å².